The molecule has 0 aliphatic carbocycles. The van der Waals surface area contributed by atoms with Crippen molar-refractivity contribution in [1.29, 1.82) is 0 Å². The number of rotatable bonds is 0. The lowest BCUT2D eigenvalue weighted by molar-refractivity contribution is -0.0216. The summed E-state index contributed by atoms with van der Waals surface area (Å²) in [5.41, 5.74) is 5.30. The third-order valence-corrected chi connectivity index (χ3v) is 4.39. The molecule has 2 N–H and O–H groups in total. The molecule has 0 spiro atoms. The van der Waals surface area contributed by atoms with Crippen molar-refractivity contribution in [3.63, 3.8) is 0 Å². The molecule has 0 saturated heterocycles. The number of aliphatic hydroxyl groups is 1. The Kier molecular flexibility index (Phi) is 2.85. The maximum absolute atomic E-state index is 13.4. The number of benzene rings is 2. The van der Waals surface area contributed by atoms with Gasteiger partial charge in [-0.2, -0.15) is 0 Å². The van der Waals surface area contributed by atoms with Crippen LogP contribution < -0.4 is 10.1 Å². The van der Waals surface area contributed by atoms with Crippen molar-refractivity contribution in [3.8, 4) is 16.9 Å². The highest BCUT2D eigenvalue weighted by molar-refractivity contribution is 5.89. The summed E-state index contributed by atoms with van der Waals surface area (Å²) >= 11 is 0. The smallest absolute Gasteiger partial charge is 0.225 e. The van der Waals surface area contributed by atoms with Crippen LogP contribution in [0.1, 0.15) is 38.2 Å². The van der Waals surface area contributed by atoms with E-state index >= 15 is 0 Å². The number of ether oxygens (including phenoxy) is 1. The fraction of sp³-hybridized carbons (Fsp3) is 0.263. The zero-order valence-corrected chi connectivity index (χ0v) is 13.3. The number of fused-ring (bicyclic) bond motifs is 5. The topological polar surface area (TPSA) is 41.5 Å². The molecule has 3 nitrogen and oxygen atoms in total. The van der Waals surface area contributed by atoms with Gasteiger partial charge < -0.3 is 15.2 Å². The molecule has 0 radical (unpaired) electrons. The first-order chi connectivity index (χ1) is 10.9. The van der Waals surface area contributed by atoms with Crippen molar-refractivity contribution >= 4 is 11.3 Å². The summed E-state index contributed by atoms with van der Waals surface area (Å²) in [5.74, 6) is -0.00691. The Bertz CT molecular complexity index is 855. The Labute approximate surface area is 134 Å². The summed E-state index contributed by atoms with van der Waals surface area (Å²) in [6.45, 7) is 6.24. The van der Waals surface area contributed by atoms with Crippen LogP contribution in [-0.2, 0) is 0 Å². The number of allylic oxidation sites excluding steroid dienone is 1. The second-order valence-corrected chi connectivity index (χ2v) is 6.73. The van der Waals surface area contributed by atoms with Gasteiger partial charge in [-0.3, -0.25) is 0 Å². The van der Waals surface area contributed by atoms with E-state index in [2.05, 4.69) is 25.2 Å². The Morgan fingerprint density at radius 3 is 2.70 bits per heavy atom. The second kappa shape index (κ2) is 4.59. The van der Waals surface area contributed by atoms with Crippen LogP contribution in [0, 0.1) is 5.82 Å². The Hall–Kier alpha value is -2.33. The first kappa shape index (κ1) is 14.3. The molecule has 0 bridgehead atoms. The molecular formula is C19H18FNO2. The third-order valence-electron chi connectivity index (χ3n) is 4.39. The standard InChI is InChI=1S/C19H18FNO2/c1-10-9-19(2,3)21-14-7-6-13-12-5-4-11(20)8-15(12)23-18(22)17(13)16(10)14/h4-9,18,21-22H,1-3H3. The van der Waals surface area contributed by atoms with Crippen LogP contribution in [0.3, 0.4) is 0 Å². The number of aliphatic hydroxyl groups excluding tert-OH is 1. The van der Waals surface area contributed by atoms with Gasteiger partial charge in [0.25, 0.3) is 0 Å². The molecule has 23 heavy (non-hydrogen) atoms. The van der Waals surface area contributed by atoms with Gasteiger partial charge in [0.2, 0.25) is 6.29 Å². The Balaban J connectivity index is 1.99. The molecule has 2 aliphatic heterocycles. The van der Waals surface area contributed by atoms with Crippen LogP contribution in [0.2, 0.25) is 0 Å². The largest absolute Gasteiger partial charge is 0.460 e. The van der Waals surface area contributed by atoms with E-state index in [1.165, 1.54) is 12.1 Å². The minimum absolute atomic E-state index is 0.146. The molecule has 0 saturated carbocycles. The molecule has 0 amide bonds. The van der Waals surface area contributed by atoms with Crippen LogP contribution in [0.25, 0.3) is 16.7 Å². The Morgan fingerprint density at radius 1 is 1.17 bits per heavy atom. The average molecular weight is 311 g/mol. The minimum Gasteiger partial charge on any atom is -0.460 e. The van der Waals surface area contributed by atoms with E-state index < -0.39 is 6.29 Å². The van der Waals surface area contributed by atoms with Crippen molar-refractivity contribution in [2.24, 2.45) is 0 Å². The van der Waals surface area contributed by atoms with Crippen molar-refractivity contribution < 1.29 is 14.2 Å². The van der Waals surface area contributed by atoms with E-state index in [0.717, 1.165) is 33.5 Å². The molecule has 4 heteroatoms. The zero-order valence-electron chi connectivity index (χ0n) is 13.3. The van der Waals surface area contributed by atoms with Crippen LogP contribution in [0.15, 0.2) is 36.4 Å². The first-order valence-corrected chi connectivity index (χ1v) is 7.65. The predicted molar refractivity (Wildman–Crippen MR) is 88.8 cm³/mol. The van der Waals surface area contributed by atoms with Gasteiger partial charge in [0, 0.05) is 28.4 Å². The maximum Gasteiger partial charge on any atom is 0.225 e. The van der Waals surface area contributed by atoms with Gasteiger partial charge in [-0.1, -0.05) is 12.1 Å². The van der Waals surface area contributed by atoms with Gasteiger partial charge in [-0.25, -0.2) is 4.39 Å². The molecular weight excluding hydrogens is 293 g/mol. The van der Waals surface area contributed by atoms with Gasteiger partial charge in [0.15, 0.2) is 0 Å². The second-order valence-electron chi connectivity index (χ2n) is 6.73. The number of hydrogen-bond acceptors (Lipinski definition) is 3. The molecule has 0 aromatic heterocycles. The van der Waals surface area contributed by atoms with Crippen LogP contribution >= 0.6 is 0 Å². The Morgan fingerprint density at radius 2 is 1.91 bits per heavy atom. The first-order valence-electron chi connectivity index (χ1n) is 7.65. The fourth-order valence-corrected chi connectivity index (χ4v) is 3.63. The van der Waals surface area contributed by atoms with Gasteiger partial charge in [0.05, 0.1) is 5.54 Å². The normalized spacial score (nSPS) is 20.4. The molecule has 2 heterocycles. The number of anilines is 1. The van der Waals surface area contributed by atoms with Crippen molar-refractivity contribution in [2.45, 2.75) is 32.6 Å². The van der Waals surface area contributed by atoms with Crippen molar-refractivity contribution in [3.05, 3.63) is 53.4 Å². The highest BCUT2D eigenvalue weighted by atomic mass is 19.1. The maximum atomic E-state index is 13.4. The zero-order chi connectivity index (χ0) is 16.4. The molecule has 2 aliphatic rings. The fourth-order valence-electron chi connectivity index (χ4n) is 3.63. The SMILES string of the molecule is CC1=CC(C)(C)Nc2ccc3c(c21)C(O)Oc1cc(F)ccc1-3. The summed E-state index contributed by atoms with van der Waals surface area (Å²) in [6, 6.07) is 8.38. The average Bonchev–Trinajstić information content (AvgIpc) is 2.45. The number of nitrogens with one attached hydrogen (secondary N) is 1. The van der Waals surface area contributed by atoms with Crippen molar-refractivity contribution in [2.75, 3.05) is 5.32 Å². The summed E-state index contributed by atoms with van der Waals surface area (Å²) in [4.78, 5) is 0. The van der Waals surface area contributed by atoms with E-state index in [0.29, 0.717) is 5.75 Å². The molecule has 0 fully saturated rings. The highest BCUT2D eigenvalue weighted by Gasteiger charge is 2.32. The summed E-state index contributed by atoms with van der Waals surface area (Å²) in [7, 11) is 0. The van der Waals surface area contributed by atoms with E-state index in [1.54, 1.807) is 6.07 Å². The predicted octanol–water partition coefficient (Wildman–Crippen LogP) is 4.48. The lowest BCUT2D eigenvalue weighted by Crippen LogP contribution is -2.32. The van der Waals surface area contributed by atoms with Gasteiger partial charge in [-0.15, -0.1) is 0 Å². The number of halogens is 1. The van der Waals surface area contributed by atoms with E-state index in [1.807, 2.05) is 19.1 Å². The molecule has 2 aromatic rings. The minimum atomic E-state index is -1.11. The molecule has 4 rings (SSSR count). The number of hydrogen-bond donors (Lipinski definition) is 2. The molecule has 118 valence electrons. The molecule has 1 atom stereocenters. The molecule has 2 aromatic carbocycles. The lowest BCUT2D eigenvalue weighted by Gasteiger charge is -2.35. The van der Waals surface area contributed by atoms with Crippen LogP contribution in [0.5, 0.6) is 5.75 Å². The van der Waals surface area contributed by atoms with Crippen LogP contribution in [-0.4, -0.2) is 10.6 Å². The van der Waals surface area contributed by atoms with Crippen molar-refractivity contribution in [1.82, 2.24) is 0 Å². The van der Waals surface area contributed by atoms with Gasteiger partial charge in [-0.05, 0) is 50.1 Å². The monoisotopic (exact) mass is 311 g/mol. The van der Waals surface area contributed by atoms with Crippen LogP contribution in [0.4, 0.5) is 10.1 Å². The quantitative estimate of drug-likeness (QED) is 0.753. The van der Waals surface area contributed by atoms with E-state index in [-0.39, 0.29) is 11.4 Å². The summed E-state index contributed by atoms with van der Waals surface area (Å²) in [5, 5.41) is 14.0. The summed E-state index contributed by atoms with van der Waals surface area (Å²) < 4.78 is 19.0. The third kappa shape index (κ3) is 2.13. The molecule has 1 unspecified atom stereocenters. The summed E-state index contributed by atoms with van der Waals surface area (Å²) in [6.07, 6.45) is 1.03. The van der Waals surface area contributed by atoms with Gasteiger partial charge >= 0.3 is 0 Å². The van der Waals surface area contributed by atoms with Gasteiger partial charge in [0.1, 0.15) is 11.6 Å². The highest BCUT2D eigenvalue weighted by Crippen LogP contribution is 2.48. The van der Waals surface area contributed by atoms with E-state index in [4.69, 9.17) is 4.74 Å². The van der Waals surface area contributed by atoms with E-state index in [9.17, 15) is 9.50 Å². The lowest BCUT2D eigenvalue weighted by atomic mass is 9.84.